The largest absolute Gasteiger partial charge is 0.822 e. The van der Waals surface area contributed by atoms with Gasteiger partial charge in [0.25, 0.3) is 0 Å². The fourth-order valence-corrected chi connectivity index (χ4v) is 0. The SMILES string of the molecule is O=P([O-])([O-])[O-].[NH3+]O.[NH3+]O.[NH3+]O. The number of rotatable bonds is 0. The van der Waals surface area contributed by atoms with E-state index in [0.717, 1.165) is 0 Å². The molecule has 11 heavy (non-hydrogen) atoms. The van der Waals surface area contributed by atoms with Gasteiger partial charge in [-0.3, -0.25) is 0 Å². The second-order valence-electron chi connectivity index (χ2n) is 0.447. The Morgan fingerprint density at radius 2 is 0.818 bits per heavy atom. The van der Waals surface area contributed by atoms with Crippen LogP contribution in [0, 0.1) is 0 Å². The molecule has 74 valence electrons. The zero-order valence-corrected chi connectivity index (χ0v) is 6.44. The van der Waals surface area contributed by atoms with Crippen molar-refractivity contribution in [3.05, 3.63) is 0 Å². The van der Waals surface area contributed by atoms with Crippen molar-refractivity contribution in [2.45, 2.75) is 0 Å². The molecule has 0 saturated heterocycles. The Morgan fingerprint density at radius 3 is 0.818 bits per heavy atom. The highest BCUT2D eigenvalue weighted by Crippen LogP contribution is 2.03. The van der Waals surface area contributed by atoms with Crippen LogP contribution in [0.15, 0.2) is 0 Å². The monoisotopic (exact) mass is 197 g/mol. The van der Waals surface area contributed by atoms with Gasteiger partial charge in [0, 0.05) is 0 Å². The van der Waals surface area contributed by atoms with Gasteiger partial charge in [-0.05, 0) is 0 Å². The maximum absolute atomic E-state index is 8.55. The van der Waals surface area contributed by atoms with E-state index in [1.807, 2.05) is 0 Å². The standard InChI is InChI=1S/3H4NO.H3O4P/c3*1-2;1-5(2,3)4/h3*2H,1H3;(H3,1,2,3,4)/q3*+1;/p-3. The van der Waals surface area contributed by atoms with E-state index in [2.05, 4.69) is 17.7 Å². The summed E-state index contributed by atoms with van der Waals surface area (Å²) in [6.45, 7) is 0. The molecule has 0 aliphatic carbocycles. The van der Waals surface area contributed by atoms with E-state index < -0.39 is 7.82 Å². The van der Waals surface area contributed by atoms with Crippen LogP contribution in [0.5, 0.6) is 0 Å². The normalized spacial score (nSPS) is 7.00. The maximum atomic E-state index is 8.55. The summed E-state index contributed by atoms with van der Waals surface area (Å²) in [5, 5.41) is 20.2. The van der Waals surface area contributed by atoms with Gasteiger partial charge < -0.3 is 19.2 Å². The van der Waals surface area contributed by atoms with Crippen molar-refractivity contribution in [2.24, 2.45) is 0 Å². The van der Waals surface area contributed by atoms with Crippen LogP contribution in [0.3, 0.4) is 0 Å². The lowest BCUT2D eigenvalue weighted by Gasteiger charge is -2.36. The summed E-state index contributed by atoms with van der Waals surface area (Å²) in [4.78, 5) is 25.6. The quantitative estimate of drug-likeness (QED) is 0.162. The molecule has 0 aromatic rings. The van der Waals surface area contributed by atoms with Gasteiger partial charge in [-0.25, -0.2) is 33.3 Å². The Balaban J connectivity index is -0.0000000350. The molecule has 11 heteroatoms. The van der Waals surface area contributed by atoms with Gasteiger partial charge in [0.05, 0.1) is 0 Å². The molecule has 0 radical (unpaired) electrons. The summed E-state index contributed by atoms with van der Waals surface area (Å²) in [7, 11) is -5.39. The molecule has 0 aromatic carbocycles. The molecule has 0 fully saturated rings. The maximum Gasteiger partial charge on any atom is -0.159 e. The summed E-state index contributed by atoms with van der Waals surface area (Å²) in [6, 6.07) is 0. The van der Waals surface area contributed by atoms with Gasteiger partial charge in [-0.15, -0.1) is 0 Å². The molecule has 0 bridgehead atoms. The van der Waals surface area contributed by atoms with Crippen molar-refractivity contribution in [1.29, 1.82) is 0 Å². The van der Waals surface area contributed by atoms with Crippen molar-refractivity contribution in [2.75, 3.05) is 0 Å². The Hall–Kier alpha value is -0.130. The Kier molecular flexibility index (Phi) is 46.0. The Labute approximate surface area is 61.6 Å². The highest BCUT2D eigenvalue weighted by molar-refractivity contribution is 7.40. The summed E-state index contributed by atoms with van der Waals surface area (Å²) in [5.74, 6) is 6.75. The van der Waals surface area contributed by atoms with Crippen LogP contribution >= 0.6 is 7.82 Å². The molecular weight excluding hydrogens is 185 g/mol. The van der Waals surface area contributed by atoms with Crippen LogP contribution in [0.4, 0.5) is 0 Å². The van der Waals surface area contributed by atoms with Crippen LogP contribution in [0.1, 0.15) is 0 Å². The Morgan fingerprint density at radius 1 is 0.818 bits per heavy atom. The molecule has 0 saturated carbocycles. The predicted molar refractivity (Wildman–Crippen MR) is 21.6 cm³/mol. The third-order valence-electron chi connectivity index (χ3n) is 0. The summed E-state index contributed by atoms with van der Waals surface area (Å²) < 4.78 is 8.55. The molecule has 0 aliphatic heterocycles. The third-order valence-corrected chi connectivity index (χ3v) is 0. The summed E-state index contributed by atoms with van der Waals surface area (Å²) in [5.41, 5.74) is 0. The van der Waals surface area contributed by atoms with E-state index in [1.54, 1.807) is 0 Å². The zero-order valence-electron chi connectivity index (χ0n) is 5.54. The minimum atomic E-state index is -5.39. The minimum Gasteiger partial charge on any atom is -0.822 e. The van der Waals surface area contributed by atoms with E-state index in [9.17, 15) is 0 Å². The molecule has 12 N–H and O–H groups in total. The molecule has 0 amide bonds. The molecule has 0 heterocycles. The van der Waals surface area contributed by atoms with Gasteiger partial charge in [0.1, 0.15) is 0 Å². The first-order chi connectivity index (χ1) is 5.00. The van der Waals surface area contributed by atoms with Crippen molar-refractivity contribution < 1.29 is 52.6 Å². The van der Waals surface area contributed by atoms with Crippen molar-refractivity contribution in [3.63, 3.8) is 0 Å². The van der Waals surface area contributed by atoms with E-state index in [0.29, 0.717) is 0 Å². The number of hydrogen-bond acceptors (Lipinski definition) is 7. The second-order valence-corrected chi connectivity index (χ2v) is 1.34. The summed E-state index contributed by atoms with van der Waals surface area (Å²) >= 11 is 0. The number of hydrogen-bond donors (Lipinski definition) is 6. The van der Waals surface area contributed by atoms with E-state index >= 15 is 0 Å². The fourth-order valence-electron chi connectivity index (χ4n) is 0. The van der Waals surface area contributed by atoms with Gasteiger partial charge in [-0.2, -0.15) is 7.82 Å². The molecular formula is H12N3O7P. The smallest absolute Gasteiger partial charge is 0.159 e. The first kappa shape index (κ1) is 22.4. The zero-order chi connectivity index (χ0) is 10.5. The molecule has 0 atom stereocenters. The third kappa shape index (κ3) is 36200. The highest BCUT2D eigenvalue weighted by atomic mass is 31.2. The molecule has 0 spiro atoms. The second kappa shape index (κ2) is 22.5. The number of quaternary nitrogens is 3. The minimum absolute atomic E-state index is 2.25. The topological polar surface area (TPSA) is 230 Å². The number of phosphoric acid groups is 1. The van der Waals surface area contributed by atoms with E-state index in [-0.39, 0.29) is 0 Å². The van der Waals surface area contributed by atoms with Gasteiger partial charge in [0.15, 0.2) is 0 Å². The van der Waals surface area contributed by atoms with Crippen LogP contribution in [0.2, 0.25) is 0 Å². The van der Waals surface area contributed by atoms with Gasteiger partial charge in [0.2, 0.25) is 0 Å². The lowest BCUT2D eigenvalue weighted by Crippen LogP contribution is -2.42. The van der Waals surface area contributed by atoms with Gasteiger partial charge >= 0.3 is 0 Å². The lowest BCUT2D eigenvalue weighted by molar-refractivity contribution is -0.670. The summed E-state index contributed by atoms with van der Waals surface area (Å²) in [6.07, 6.45) is 0. The van der Waals surface area contributed by atoms with Crippen LogP contribution in [0.25, 0.3) is 0 Å². The first-order valence-corrected chi connectivity index (χ1v) is 3.14. The van der Waals surface area contributed by atoms with Gasteiger partial charge in [-0.1, -0.05) is 0 Å². The van der Waals surface area contributed by atoms with E-state index in [1.165, 1.54) is 0 Å². The molecule has 0 aliphatic rings. The van der Waals surface area contributed by atoms with Crippen LogP contribution in [-0.2, 0) is 4.57 Å². The van der Waals surface area contributed by atoms with Crippen molar-refractivity contribution in [1.82, 2.24) is 0 Å². The van der Waals surface area contributed by atoms with Crippen molar-refractivity contribution in [3.8, 4) is 0 Å². The lowest BCUT2D eigenvalue weighted by atomic mass is 13.6. The average molecular weight is 197 g/mol. The fraction of sp³-hybridized carbons (Fsp3) is 0. The molecule has 0 rings (SSSR count). The first-order valence-electron chi connectivity index (χ1n) is 1.68. The van der Waals surface area contributed by atoms with Crippen LogP contribution < -0.4 is 32.4 Å². The Bertz CT molecular complexity index is 59.8. The van der Waals surface area contributed by atoms with Crippen molar-refractivity contribution >= 4 is 7.82 Å². The van der Waals surface area contributed by atoms with Crippen LogP contribution in [-0.4, -0.2) is 15.6 Å². The predicted octanol–water partition coefficient (Wildman–Crippen LogP) is -6.97. The molecule has 10 nitrogen and oxygen atoms in total. The highest BCUT2D eigenvalue weighted by Gasteiger charge is 1.44. The average Bonchev–Trinajstić information content (AvgIpc) is 1.96. The van der Waals surface area contributed by atoms with E-state index in [4.69, 9.17) is 34.9 Å². The molecule has 0 unspecified atom stereocenters. The molecule has 0 aromatic heterocycles.